The molecular formula is C13H19NO4. The van der Waals surface area contributed by atoms with Gasteiger partial charge in [0.1, 0.15) is 17.2 Å². The van der Waals surface area contributed by atoms with E-state index in [2.05, 4.69) is 0 Å². The molecule has 0 spiro atoms. The van der Waals surface area contributed by atoms with E-state index in [1.54, 1.807) is 21.3 Å². The summed E-state index contributed by atoms with van der Waals surface area (Å²) < 4.78 is 21.4. The molecule has 18 heavy (non-hydrogen) atoms. The smallest absolute Gasteiger partial charge is 0.130 e. The Labute approximate surface area is 107 Å². The first-order chi connectivity index (χ1) is 8.70. The molecule has 0 aromatic heterocycles. The summed E-state index contributed by atoms with van der Waals surface area (Å²) in [5.41, 5.74) is 6.64. The van der Waals surface area contributed by atoms with E-state index in [1.807, 2.05) is 12.1 Å². The van der Waals surface area contributed by atoms with Gasteiger partial charge in [-0.3, -0.25) is 0 Å². The first-order valence-corrected chi connectivity index (χ1v) is 5.79. The summed E-state index contributed by atoms with van der Waals surface area (Å²) in [5, 5.41) is 0. The van der Waals surface area contributed by atoms with Gasteiger partial charge in [0.2, 0.25) is 0 Å². The molecule has 1 saturated heterocycles. The maximum absolute atomic E-state index is 5.90. The van der Waals surface area contributed by atoms with E-state index in [9.17, 15) is 0 Å². The molecule has 0 bridgehead atoms. The molecule has 5 heteroatoms. The van der Waals surface area contributed by atoms with Crippen molar-refractivity contribution >= 4 is 0 Å². The zero-order chi connectivity index (χ0) is 13.2. The lowest BCUT2D eigenvalue weighted by molar-refractivity contribution is -0.0568. The maximum atomic E-state index is 5.90. The van der Waals surface area contributed by atoms with Crippen LogP contribution < -0.4 is 19.9 Å². The second-order valence-electron chi connectivity index (χ2n) is 4.38. The molecule has 1 aromatic carbocycles. The van der Waals surface area contributed by atoms with Gasteiger partial charge < -0.3 is 24.7 Å². The van der Waals surface area contributed by atoms with Crippen LogP contribution in [0.2, 0.25) is 0 Å². The first-order valence-electron chi connectivity index (χ1n) is 5.79. The topological polar surface area (TPSA) is 62.9 Å². The standard InChI is InChI=1S/C13H19NO4/c1-15-9-4-10(16-2)12(11(5-9)17-3)13(6-14)7-18-8-13/h4-5H,6-8,14H2,1-3H3. The first kappa shape index (κ1) is 13.0. The minimum Gasteiger partial charge on any atom is -0.496 e. The van der Waals surface area contributed by atoms with Gasteiger partial charge in [0.15, 0.2) is 0 Å². The summed E-state index contributed by atoms with van der Waals surface area (Å²) in [7, 11) is 4.86. The van der Waals surface area contributed by atoms with Crippen LogP contribution in [0, 0.1) is 0 Å². The summed E-state index contributed by atoms with van der Waals surface area (Å²) in [4.78, 5) is 0. The Hall–Kier alpha value is -1.46. The molecule has 0 unspecified atom stereocenters. The quantitative estimate of drug-likeness (QED) is 0.846. The molecule has 2 rings (SSSR count). The van der Waals surface area contributed by atoms with Gasteiger partial charge in [0, 0.05) is 24.2 Å². The predicted octanol–water partition coefficient (Wildman–Crippen LogP) is 0.939. The second-order valence-corrected chi connectivity index (χ2v) is 4.38. The van der Waals surface area contributed by atoms with E-state index in [0.717, 1.165) is 17.1 Å². The highest BCUT2D eigenvalue weighted by atomic mass is 16.5. The zero-order valence-electron chi connectivity index (χ0n) is 11.0. The number of methoxy groups -OCH3 is 3. The van der Waals surface area contributed by atoms with Crippen LogP contribution in [0.1, 0.15) is 5.56 Å². The van der Waals surface area contributed by atoms with E-state index < -0.39 is 0 Å². The highest BCUT2D eigenvalue weighted by Crippen LogP contribution is 2.45. The molecule has 2 N–H and O–H groups in total. The zero-order valence-corrected chi connectivity index (χ0v) is 11.0. The molecule has 0 saturated carbocycles. The molecule has 0 aliphatic carbocycles. The number of benzene rings is 1. The minimum absolute atomic E-state index is 0.219. The molecule has 5 nitrogen and oxygen atoms in total. The second kappa shape index (κ2) is 5.04. The molecular weight excluding hydrogens is 234 g/mol. The summed E-state index contributed by atoms with van der Waals surface area (Å²) >= 11 is 0. The van der Waals surface area contributed by atoms with Gasteiger partial charge in [-0.05, 0) is 0 Å². The predicted molar refractivity (Wildman–Crippen MR) is 67.6 cm³/mol. The highest BCUT2D eigenvalue weighted by Gasteiger charge is 2.43. The van der Waals surface area contributed by atoms with Gasteiger partial charge in [0.05, 0.1) is 40.0 Å². The van der Waals surface area contributed by atoms with Crippen LogP contribution >= 0.6 is 0 Å². The van der Waals surface area contributed by atoms with Crippen molar-refractivity contribution in [3.8, 4) is 17.2 Å². The van der Waals surface area contributed by atoms with Crippen molar-refractivity contribution < 1.29 is 18.9 Å². The maximum Gasteiger partial charge on any atom is 0.130 e. The van der Waals surface area contributed by atoms with Crippen LogP contribution in [0.5, 0.6) is 17.2 Å². The van der Waals surface area contributed by atoms with Crippen LogP contribution in [0.15, 0.2) is 12.1 Å². The Bertz CT molecular complexity index is 398. The van der Waals surface area contributed by atoms with Crippen LogP contribution in [0.3, 0.4) is 0 Å². The lowest BCUT2D eigenvalue weighted by atomic mass is 9.77. The fraction of sp³-hybridized carbons (Fsp3) is 0.538. The minimum atomic E-state index is -0.219. The van der Waals surface area contributed by atoms with Crippen molar-refractivity contribution in [1.82, 2.24) is 0 Å². The van der Waals surface area contributed by atoms with Gasteiger partial charge in [0.25, 0.3) is 0 Å². The average molecular weight is 253 g/mol. The molecule has 0 amide bonds. The molecule has 1 fully saturated rings. The van der Waals surface area contributed by atoms with Gasteiger partial charge in [-0.25, -0.2) is 0 Å². The van der Waals surface area contributed by atoms with E-state index in [0.29, 0.717) is 25.5 Å². The molecule has 100 valence electrons. The largest absolute Gasteiger partial charge is 0.496 e. The van der Waals surface area contributed by atoms with E-state index in [-0.39, 0.29) is 5.41 Å². The summed E-state index contributed by atoms with van der Waals surface area (Å²) in [6.45, 7) is 1.66. The summed E-state index contributed by atoms with van der Waals surface area (Å²) in [6, 6.07) is 3.68. The Kier molecular flexibility index (Phi) is 3.63. The third-order valence-corrected chi connectivity index (χ3v) is 3.39. The van der Waals surface area contributed by atoms with Gasteiger partial charge in [-0.2, -0.15) is 0 Å². The lowest BCUT2D eigenvalue weighted by Crippen LogP contribution is -2.52. The Balaban J connectivity index is 2.56. The van der Waals surface area contributed by atoms with E-state index >= 15 is 0 Å². The third-order valence-electron chi connectivity index (χ3n) is 3.39. The van der Waals surface area contributed by atoms with Gasteiger partial charge >= 0.3 is 0 Å². The molecule has 0 radical (unpaired) electrons. The Morgan fingerprint density at radius 2 is 1.67 bits per heavy atom. The average Bonchev–Trinajstić information content (AvgIpc) is 2.37. The van der Waals surface area contributed by atoms with Crippen molar-refractivity contribution in [2.24, 2.45) is 5.73 Å². The van der Waals surface area contributed by atoms with Crippen molar-refractivity contribution in [1.29, 1.82) is 0 Å². The van der Waals surface area contributed by atoms with E-state index in [1.165, 1.54) is 0 Å². The molecule has 1 aliphatic heterocycles. The van der Waals surface area contributed by atoms with Gasteiger partial charge in [-0.15, -0.1) is 0 Å². The molecule has 1 heterocycles. The number of ether oxygens (including phenoxy) is 4. The fourth-order valence-electron chi connectivity index (χ4n) is 2.24. The number of nitrogens with two attached hydrogens (primary N) is 1. The molecule has 0 atom stereocenters. The Morgan fingerprint density at radius 1 is 1.11 bits per heavy atom. The van der Waals surface area contributed by atoms with Crippen molar-refractivity contribution in [3.05, 3.63) is 17.7 Å². The normalized spacial score (nSPS) is 16.9. The fourth-order valence-corrected chi connectivity index (χ4v) is 2.24. The number of hydrogen-bond donors (Lipinski definition) is 1. The SMILES string of the molecule is COc1cc(OC)c(C2(CN)COC2)c(OC)c1. The van der Waals surface area contributed by atoms with E-state index in [4.69, 9.17) is 24.7 Å². The van der Waals surface area contributed by atoms with Crippen LogP contribution in [-0.4, -0.2) is 41.1 Å². The molecule has 1 aromatic rings. The highest BCUT2D eigenvalue weighted by molar-refractivity contribution is 5.55. The summed E-state index contributed by atoms with van der Waals surface area (Å²) in [6.07, 6.45) is 0. The van der Waals surface area contributed by atoms with Crippen molar-refractivity contribution in [2.45, 2.75) is 5.41 Å². The van der Waals surface area contributed by atoms with Crippen molar-refractivity contribution in [3.63, 3.8) is 0 Å². The third kappa shape index (κ3) is 1.89. The summed E-state index contributed by atoms with van der Waals surface area (Å²) in [5.74, 6) is 2.14. The van der Waals surface area contributed by atoms with Crippen LogP contribution in [-0.2, 0) is 10.2 Å². The monoisotopic (exact) mass is 253 g/mol. The lowest BCUT2D eigenvalue weighted by Gasteiger charge is -2.42. The number of rotatable bonds is 5. The van der Waals surface area contributed by atoms with Crippen LogP contribution in [0.4, 0.5) is 0 Å². The Morgan fingerprint density at radius 3 is 1.94 bits per heavy atom. The van der Waals surface area contributed by atoms with Gasteiger partial charge in [-0.1, -0.05) is 0 Å². The molecule has 1 aliphatic rings. The van der Waals surface area contributed by atoms with Crippen molar-refractivity contribution in [2.75, 3.05) is 41.1 Å². The number of hydrogen-bond acceptors (Lipinski definition) is 5. The van der Waals surface area contributed by atoms with Crippen LogP contribution in [0.25, 0.3) is 0 Å².